The smallest absolute Gasteiger partial charge is 0.241 e. The van der Waals surface area contributed by atoms with Gasteiger partial charge in [0.25, 0.3) is 0 Å². The minimum atomic E-state index is -0.175. The van der Waals surface area contributed by atoms with E-state index in [4.69, 9.17) is 14.7 Å². The zero-order valence-corrected chi connectivity index (χ0v) is 22.2. The molecule has 9 heteroatoms. The number of hydrogen-bond acceptors (Lipinski definition) is 7. The number of nitrogens with zero attached hydrogens (tertiary/aromatic N) is 7. The molecule has 1 saturated carbocycles. The highest BCUT2D eigenvalue weighted by Crippen LogP contribution is 2.38. The van der Waals surface area contributed by atoms with Crippen LogP contribution in [0, 0.1) is 12.8 Å². The van der Waals surface area contributed by atoms with Crippen molar-refractivity contribution in [2.24, 2.45) is 18.0 Å². The third kappa shape index (κ3) is 4.61. The van der Waals surface area contributed by atoms with Crippen LogP contribution in [-0.2, 0) is 11.8 Å². The Hall–Kier alpha value is -4.01. The van der Waals surface area contributed by atoms with E-state index < -0.39 is 0 Å². The standard InChI is InChI=1S/C28H33N7O2/c1-7-29-24(20-10-11-20)23(18(4)37-6)25-30-14-22-27(32-25)35(33-28(22)36)17(3)19-8-12-21(13-9-19)26-31-16(2)15-34(26)5/h8-9,12-15,17,20H,7,10-11H2,1-6H3,(H,33,36)/b23-18-,29-24-/t17-/m0/s1. The normalized spacial score (nSPS) is 15.7. The highest BCUT2D eigenvalue weighted by molar-refractivity contribution is 6.25. The molecule has 0 saturated heterocycles. The Balaban J connectivity index is 1.55. The summed E-state index contributed by atoms with van der Waals surface area (Å²) in [6.45, 7) is 8.65. The van der Waals surface area contributed by atoms with Crippen molar-refractivity contribution >= 4 is 22.3 Å². The van der Waals surface area contributed by atoms with Crippen LogP contribution in [0.2, 0.25) is 0 Å². The van der Waals surface area contributed by atoms with Gasteiger partial charge in [0.2, 0.25) is 5.88 Å². The molecule has 0 radical (unpaired) electrons. The summed E-state index contributed by atoms with van der Waals surface area (Å²) in [4.78, 5) is 18.9. The van der Waals surface area contributed by atoms with E-state index in [1.165, 1.54) is 0 Å². The van der Waals surface area contributed by atoms with Gasteiger partial charge in [-0.1, -0.05) is 24.3 Å². The number of aromatic hydroxyl groups is 1. The van der Waals surface area contributed by atoms with Crippen LogP contribution < -0.4 is 0 Å². The van der Waals surface area contributed by atoms with Gasteiger partial charge in [-0.15, -0.1) is 5.10 Å². The van der Waals surface area contributed by atoms with Crippen molar-refractivity contribution in [2.45, 2.75) is 46.6 Å². The van der Waals surface area contributed by atoms with Crippen molar-refractivity contribution < 1.29 is 9.84 Å². The van der Waals surface area contributed by atoms with E-state index in [0.29, 0.717) is 29.3 Å². The summed E-state index contributed by atoms with van der Waals surface area (Å²) in [6, 6.07) is 8.08. The molecule has 1 aliphatic carbocycles. The first-order valence-corrected chi connectivity index (χ1v) is 12.7. The average molecular weight is 500 g/mol. The maximum absolute atomic E-state index is 10.6. The molecule has 192 valence electrons. The third-order valence-corrected chi connectivity index (χ3v) is 6.87. The van der Waals surface area contributed by atoms with Crippen LogP contribution >= 0.6 is 0 Å². The van der Waals surface area contributed by atoms with Crippen molar-refractivity contribution in [3.63, 3.8) is 0 Å². The van der Waals surface area contributed by atoms with Crippen LogP contribution in [-0.4, -0.2) is 53.8 Å². The van der Waals surface area contributed by atoms with Gasteiger partial charge in [0, 0.05) is 37.5 Å². The topological polar surface area (TPSA) is 103 Å². The molecule has 1 N–H and O–H groups in total. The van der Waals surface area contributed by atoms with Gasteiger partial charge in [0.05, 0.1) is 30.1 Å². The Morgan fingerprint density at radius 1 is 1.22 bits per heavy atom. The lowest BCUT2D eigenvalue weighted by atomic mass is 10.0. The lowest BCUT2D eigenvalue weighted by molar-refractivity contribution is 0.296. The first-order valence-electron chi connectivity index (χ1n) is 12.7. The molecule has 9 nitrogen and oxygen atoms in total. The van der Waals surface area contributed by atoms with E-state index in [-0.39, 0.29) is 11.9 Å². The number of imidazole rings is 1. The maximum Gasteiger partial charge on any atom is 0.241 e. The Kier molecular flexibility index (Phi) is 6.54. The molecular formula is C28H33N7O2. The summed E-state index contributed by atoms with van der Waals surface area (Å²) < 4.78 is 9.41. The lowest BCUT2D eigenvalue weighted by Gasteiger charge is -2.16. The van der Waals surface area contributed by atoms with Gasteiger partial charge in [-0.25, -0.2) is 19.6 Å². The Morgan fingerprint density at radius 2 is 1.95 bits per heavy atom. The number of rotatable bonds is 8. The van der Waals surface area contributed by atoms with Crippen LogP contribution in [0.25, 0.3) is 28.0 Å². The zero-order valence-electron chi connectivity index (χ0n) is 22.2. The predicted octanol–water partition coefficient (Wildman–Crippen LogP) is 5.10. The van der Waals surface area contributed by atoms with E-state index in [1.807, 2.05) is 45.5 Å². The second-order valence-electron chi connectivity index (χ2n) is 9.58. The Labute approximate surface area is 216 Å². The summed E-state index contributed by atoms with van der Waals surface area (Å²) in [5.74, 6) is 2.48. The number of allylic oxidation sites excluding steroid dienone is 2. The molecule has 1 fully saturated rings. The number of aryl methyl sites for hydroxylation is 2. The van der Waals surface area contributed by atoms with E-state index in [2.05, 4.69) is 39.3 Å². The molecule has 0 amide bonds. The number of fused-ring (bicyclic) bond motifs is 1. The van der Waals surface area contributed by atoms with Crippen LogP contribution in [0.3, 0.4) is 0 Å². The fraction of sp³-hybridized carbons (Fsp3) is 0.393. The summed E-state index contributed by atoms with van der Waals surface area (Å²) in [7, 11) is 3.65. The van der Waals surface area contributed by atoms with Gasteiger partial charge in [-0.05, 0) is 46.1 Å². The molecule has 0 spiro atoms. The first kappa shape index (κ1) is 24.7. The average Bonchev–Trinajstić information content (AvgIpc) is 3.62. The van der Waals surface area contributed by atoms with Crippen molar-refractivity contribution in [3.8, 4) is 17.3 Å². The molecule has 4 aromatic rings. The molecule has 0 bridgehead atoms. The van der Waals surface area contributed by atoms with Crippen molar-refractivity contribution in [1.82, 2.24) is 29.3 Å². The number of aliphatic imine (C=N–C) groups is 1. The van der Waals surface area contributed by atoms with Gasteiger partial charge < -0.3 is 14.4 Å². The van der Waals surface area contributed by atoms with Gasteiger partial charge in [-0.3, -0.25) is 4.99 Å². The minimum absolute atomic E-state index is 0.0906. The maximum atomic E-state index is 10.6. The highest BCUT2D eigenvalue weighted by Gasteiger charge is 2.33. The predicted molar refractivity (Wildman–Crippen MR) is 144 cm³/mol. The van der Waals surface area contributed by atoms with Gasteiger partial charge in [0.15, 0.2) is 11.5 Å². The second kappa shape index (κ2) is 9.80. The SMILES string of the molecule is CC/N=C(\C(=C(/C)OC)c1ncc2c(O)nn([C@@H](C)c3ccc(-c4nc(C)cn4C)cc3)c2n1)C1CC1. The van der Waals surface area contributed by atoms with Crippen LogP contribution in [0.1, 0.15) is 56.7 Å². The molecule has 1 aromatic carbocycles. The third-order valence-electron chi connectivity index (χ3n) is 6.87. The quantitative estimate of drug-likeness (QED) is 0.267. The molecule has 3 heterocycles. The van der Waals surface area contributed by atoms with E-state index in [9.17, 15) is 5.11 Å². The first-order chi connectivity index (χ1) is 17.8. The van der Waals surface area contributed by atoms with Crippen molar-refractivity contribution in [1.29, 1.82) is 0 Å². The number of hydrogen-bond donors (Lipinski definition) is 1. The van der Waals surface area contributed by atoms with Gasteiger partial charge in [0.1, 0.15) is 17.0 Å². The van der Waals surface area contributed by atoms with Crippen molar-refractivity contribution in [2.75, 3.05) is 13.7 Å². The summed E-state index contributed by atoms with van der Waals surface area (Å²) >= 11 is 0. The fourth-order valence-corrected chi connectivity index (χ4v) is 4.73. The van der Waals surface area contributed by atoms with Gasteiger partial charge in [-0.2, -0.15) is 0 Å². The Morgan fingerprint density at radius 3 is 2.54 bits per heavy atom. The van der Waals surface area contributed by atoms with Crippen LogP contribution in [0.4, 0.5) is 0 Å². The molecule has 0 aliphatic heterocycles. The van der Waals surface area contributed by atoms with E-state index in [0.717, 1.165) is 52.5 Å². The zero-order chi connectivity index (χ0) is 26.3. The number of ether oxygens (including phenoxy) is 1. The molecule has 5 rings (SSSR count). The molecular weight excluding hydrogens is 466 g/mol. The molecule has 3 aromatic heterocycles. The monoisotopic (exact) mass is 499 g/mol. The fourth-order valence-electron chi connectivity index (χ4n) is 4.73. The molecule has 0 unspecified atom stereocenters. The van der Waals surface area contributed by atoms with Crippen molar-refractivity contribution in [3.05, 3.63) is 59.5 Å². The highest BCUT2D eigenvalue weighted by atomic mass is 16.5. The summed E-state index contributed by atoms with van der Waals surface area (Å²) in [5, 5.41) is 15.5. The number of methoxy groups -OCH3 is 1. The summed E-state index contributed by atoms with van der Waals surface area (Å²) in [5.41, 5.74) is 5.43. The van der Waals surface area contributed by atoms with E-state index >= 15 is 0 Å². The minimum Gasteiger partial charge on any atom is -0.501 e. The van der Waals surface area contributed by atoms with Crippen LogP contribution in [0.15, 0.2) is 47.4 Å². The lowest BCUT2D eigenvalue weighted by Crippen LogP contribution is -2.13. The summed E-state index contributed by atoms with van der Waals surface area (Å²) in [6.07, 6.45) is 5.85. The molecule has 1 aliphatic rings. The second-order valence-corrected chi connectivity index (χ2v) is 9.58. The van der Waals surface area contributed by atoms with Crippen LogP contribution in [0.5, 0.6) is 5.88 Å². The molecule has 37 heavy (non-hydrogen) atoms. The Bertz CT molecular complexity index is 1510. The number of benzene rings is 1. The molecule has 1 atom stereocenters. The van der Waals surface area contributed by atoms with Gasteiger partial charge >= 0.3 is 0 Å². The number of aromatic nitrogens is 6. The van der Waals surface area contributed by atoms with E-state index in [1.54, 1.807) is 18.0 Å². The largest absolute Gasteiger partial charge is 0.501 e.